The first-order valence-corrected chi connectivity index (χ1v) is 9.45. The Kier molecular flexibility index (Phi) is 5.77. The second-order valence-electron chi connectivity index (χ2n) is 6.73. The van der Waals surface area contributed by atoms with E-state index in [4.69, 9.17) is 0 Å². The Balaban J connectivity index is 1.52. The molecule has 0 aliphatic carbocycles. The lowest BCUT2D eigenvalue weighted by atomic mass is 10.0. The molecule has 2 aliphatic heterocycles. The van der Waals surface area contributed by atoms with E-state index in [1.54, 1.807) is 6.07 Å². The van der Waals surface area contributed by atoms with E-state index >= 15 is 0 Å². The van der Waals surface area contributed by atoms with Gasteiger partial charge in [-0.25, -0.2) is 0 Å². The number of halogens is 1. The summed E-state index contributed by atoms with van der Waals surface area (Å²) in [6, 6.07) is 6.50. The molecule has 2 fully saturated rings. The first-order valence-electron chi connectivity index (χ1n) is 8.66. The van der Waals surface area contributed by atoms with Crippen LogP contribution in [0.2, 0.25) is 0 Å². The van der Waals surface area contributed by atoms with Crippen molar-refractivity contribution >= 4 is 15.9 Å². The van der Waals surface area contributed by atoms with Gasteiger partial charge in [-0.15, -0.1) is 0 Å². The Labute approximate surface area is 142 Å². The Morgan fingerprint density at radius 2 is 1.68 bits per heavy atom. The molecular formula is C18H27BrN2O. The van der Waals surface area contributed by atoms with Crippen molar-refractivity contribution in [1.82, 2.24) is 9.80 Å². The molecule has 0 spiro atoms. The number of rotatable bonds is 3. The third-order valence-corrected chi connectivity index (χ3v) is 5.64. The quantitative estimate of drug-likeness (QED) is 0.875. The lowest BCUT2D eigenvalue weighted by molar-refractivity contribution is 0.107. The zero-order chi connectivity index (χ0) is 15.4. The van der Waals surface area contributed by atoms with Gasteiger partial charge in [0.15, 0.2) is 0 Å². The van der Waals surface area contributed by atoms with Crippen molar-refractivity contribution in [2.24, 2.45) is 0 Å². The molecule has 2 heterocycles. The summed E-state index contributed by atoms with van der Waals surface area (Å²) in [5.41, 5.74) is 1.03. The molecule has 3 rings (SSSR count). The maximum Gasteiger partial charge on any atom is 0.120 e. The van der Waals surface area contributed by atoms with E-state index < -0.39 is 0 Å². The van der Waals surface area contributed by atoms with Gasteiger partial charge in [-0.05, 0) is 70.1 Å². The summed E-state index contributed by atoms with van der Waals surface area (Å²) in [5.74, 6) is 0.415. The van der Waals surface area contributed by atoms with Crippen LogP contribution in [0.1, 0.15) is 44.1 Å². The van der Waals surface area contributed by atoms with E-state index in [1.165, 1.54) is 51.6 Å². The minimum absolute atomic E-state index is 0.415. The predicted octanol–water partition coefficient (Wildman–Crippen LogP) is 4.00. The fourth-order valence-corrected chi connectivity index (χ4v) is 4.23. The molecule has 2 aliphatic rings. The molecule has 0 saturated carbocycles. The summed E-state index contributed by atoms with van der Waals surface area (Å²) >= 11 is 3.49. The van der Waals surface area contributed by atoms with Crippen molar-refractivity contribution in [3.05, 3.63) is 28.2 Å². The third-order valence-electron chi connectivity index (χ3n) is 5.15. The fourth-order valence-electron chi connectivity index (χ4n) is 3.82. The molecule has 0 unspecified atom stereocenters. The number of likely N-dealkylation sites (tertiary alicyclic amines) is 2. The number of piperidine rings is 1. The van der Waals surface area contributed by atoms with Crippen molar-refractivity contribution in [3.63, 3.8) is 0 Å². The van der Waals surface area contributed by atoms with Gasteiger partial charge in [-0.1, -0.05) is 28.8 Å². The van der Waals surface area contributed by atoms with Crippen LogP contribution in [-0.4, -0.2) is 47.1 Å². The molecule has 1 aromatic carbocycles. The molecule has 122 valence electrons. The second-order valence-corrected chi connectivity index (χ2v) is 7.65. The first kappa shape index (κ1) is 16.3. The molecule has 1 N–H and O–H groups in total. The molecule has 0 amide bonds. The maximum atomic E-state index is 10.00. The minimum Gasteiger partial charge on any atom is -0.508 e. The van der Waals surface area contributed by atoms with Gasteiger partial charge in [-0.2, -0.15) is 0 Å². The van der Waals surface area contributed by atoms with E-state index in [2.05, 4.69) is 25.7 Å². The van der Waals surface area contributed by atoms with Crippen molar-refractivity contribution < 1.29 is 5.11 Å². The van der Waals surface area contributed by atoms with Crippen LogP contribution >= 0.6 is 15.9 Å². The molecule has 2 saturated heterocycles. The molecule has 0 aromatic heterocycles. The smallest absolute Gasteiger partial charge is 0.120 e. The second kappa shape index (κ2) is 7.80. The Hall–Kier alpha value is -0.580. The number of hydrogen-bond acceptors (Lipinski definition) is 3. The summed E-state index contributed by atoms with van der Waals surface area (Å²) in [5, 5.41) is 10.00. The van der Waals surface area contributed by atoms with E-state index in [0.717, 1.165) is 35.7 Å². The summed E-state index contributed by atoms with van der Waals surface area (Å²) in [4.78, 5) is 5.22. The predicted molar refractivity (Wildman–Crippen MR) is 94.1 cm³/mol. The zero-order valence-corrected chi connectivity index (χ0v) is 14.9. The minimum atomic E-state index is 0.415. The Morgan fingerprint density at radius 1 is 1.00 bits per heavy atom. The molecule has 22 heavy (non-hydrogen) atoms. The van der Waals surface area contributed by atoms with Gasteiger partial charge in [0.25, 0.3) is 0 Å². The van der Waals surface area contributed by atoms with Gasteiger partial charge in [0.05, 0.1) is 0 Å². The average Bonchev–Trinajstić information content (AvgIpc) is 2.81. The van der Waals surface area contributed by atoms with E-state index in [-0.39, 0.29) is 0 Å². The van der Waals surface area contributed by atoms with E-state index in [0.29, 0.717) is 5.75 Å². The van der Waals surface area contributed by atoms with Crippen LogP contribution in [0.5, 0.6) is 5.75 Å². The molecule has 0 radical (unpaired) electrons. The van der Waals surface area contributed by atoms with Crippen LogP contribution in [0.3, 0.4) is 0 Å². The van der Waals surface area contributed by atoms with Crippen LogP contribution in [-0.2, 0) is 6.54 Å². The van der Waals surface area contributed by atoms with E-state index in [9.17, 15) is 5.11 Å². The van der Waals surface area contributed by atoms with Crippen LogP contribution in [0.25, 0.3) is 0 Å². The standard InChI is InChI=1S/C18H27BrN2O/c19-16-5-6-18(22)15(13-16)14-20-11-7-17(8-12-20)21-9-3-1-2-4-10-21/h5-6,13,17,22H,1-4,7-12,14H2. The average molecular weight is 367 g/mol. The van der Waals surface area contributed by atoms with Gasteiger partial charge in [0.2, 0.25) is 0 Å². The van der Waals surface area contributed by atoms with Crippen LogP contribution < -0.4 is 0 Å². The van der Waals surface area contributed by atoms with Gasteiger partial charge < -0.3 is 10.0 Å². The summed E-state index contributed by atoms with van der Waals surface area (Å²) in [6.07, 6.45) is 8.14. The van der Waals surface area contributed by atoms with Crippen molar-refractivity contribution in [3.8, 4) is 5.75 Å². The van der Waals surface area contributed by atoms with Gasteiger partial charge in [-0.3, -0.25) is 4.90 Å². The highest BCUT2D eigenvalue weighted by molar-refractivity contribution is 9.10. The monoisotopic (exact) mass is 366 g/mol. The highest BCUT2D eigenvalue weighted by Gasteiger charge is 2.25. The SMILES string of the molecule is Oc1ccc(Br)cc1CN1CCC(N2CCCCCC2)CC1. The number of phenolic OH excluding ortho intramolecular Hbond substituents is 1. The number of aromatic hydroxyl groups is 1. The summed E-state index contributed by atoms with van der Waals surface area (Å²) < 4.78 is 1.04. The highest BCUT2D eigenvalue weighted by atomic mass is 79.9. The van der Waals surface area contributed by atoms with Gasteiger partial charge in [0.1, 0.15) is 5.75 Å². The molecule has 3 nitrogen and oxygen atoms in total. The van der Waals surface area contributed by atoms with Crippen molar-refractivity contribution in [2.45, 2.75) is 51.1 Å². The largest absolute Gasteiger partial charge is 0.508 e. The van der Waals surface area contributed by atoms with Crippen LogP contribution in [0.4, 0.5) is 0 Å². The molecule has 4 heteroatoms. The third kappa shape index (κ3) is 4.24. The van der Waals surface area contributed by atoms with Crippen molar-refractivity contribution in [1.29, 1.82) is 0 Å². The number of nitrogens with zero attached hydrogens (tertiary/aromatic N) is 2. The number of phenols is 1. The first-order chi connectivity index (χ1) is 10.7. The normalized spacial score (nSPS) is 22.6. The maximum absolute atomic E-state index is 10.00. The zero-order valence-electron chi connectivity index (χ0n) is 13.3. The summed E-state index contributed by atoms with van der Waals surface area (Å²) in [6.45, 7) is 5.76. The molecule has 0 bridgehead atoms. The van der Waals surface area contributed by atoms with E-state index in [1.807, 2.05) is 12.1 Å². The Morgan fingerprint density at radius 3 is 2.36 bits per heavy atom. The number of hydrogen-bond donors (Lipinski definition) is 1. The molecule has 1 aromatic rings. The molecule has 0 atom stereocenters. The fraction of sp³-hybridized carbons (Fsp3) is 0.667. The summed E-state index contributed by atoms with van der Waals surface area (Å²) in [7, 11) is 0. The number of benzene rings is 1. The van der Waals surface area contributed by atoms with Crippen LogP contribution in [0, 0.1) is 0 Å². The molecular weight excluding hydrogens is 340 g/mol. The van der Waals surface area contributed by atoms with Gasteiger partial charge in [0, 0.05) is 22.6 Å². The van der Waals surface area contributed by atoms with Crippen LogP contribution in [0.15, 0.2) is 22.7 Å². The van der Waals surface area contributed by atoms with Crippen molar-refractivity contribution in [2.75, 3.05) is 26.2 Å². The lowest BCUT2D eigenvalue weighted by Gasteiger charge is -2.38. The lowest BCUT2D eigenvalue weighted by Crippen LogP contribution is -2.45. The highest BCUT2D eigenvalue weighted by Crippen LogP contribution is 2.26. The van der Waals surface area contributed by atoms with Gasteiger partial charge >= 0.3 is 0 Å². The Bertz CT molecular complexity index is 478. The topological polar surface area (TPSA) is 26.7 Å².